The Morgan fingerprint density at radius 1 is 1.29 bits per heavy atom. The van der Waals surface area contributed by atoms with Gasteiger partial charge in [0.15, 0.2) is 0 Å². The molecular formula is C20H20N2OS. The number of hydrogen-bond donors (Lipinski definition) is 2. The zero-order valence-corrected chi connectivity index (χ0v) is 14.5. The highest BCUT2D eigenvalue weighted by Gasteiger charge is 2.27. The van der Waals surface area contributed by atoms with E-state index in [2.05, 4.69) is 47.6 Å². The molecule has 122 valence electrons. The first kappa shape index (κ1) is 15.3. The number of carbonyl (C=O) groups is 1. The van der Waals surface area contributed by atoms with Crippen molar-refractivity contribution in [3.63, 3.8) is 0 Å². The van der Waals surface area contributed by atoms with Gasteiger partial charge in [-0.15, -0.1) is 11.8 Å². The number of thioether (sulfide) groups is 1. The number of rotatable bonds is 4. The molecule has 0 radical (unpaired) electrons. The fourth-order valence-electron chi connectivity index (χ4n) is 3.25. The lowest BCUT2D eigenvalue weighted by Gasteiger charge is -2.09. The molecule has 24 heavy (non-hydrogen) atoms. The van der Waals surface area contributed by atoms with Gasteiger partial charge in [0.25, 0.3) is 0 Å². The van der Waals surface area contributed by atoms with Crippen LogP contribution in [-0.4, -0.2) is 22.7 Å². The maximum atomic E-state index is 12.5. The molecule has 4 heteroatoms. The second-order valence-corrected chi connectivity index (χ2v) is 7.57. The van der Waals surface area contributed by atoms with E-state index in [0.717, 1.165) is 18.4 Å². The zero-order chi connectivity index (χ0) is 16.5. The predicted octanol–water partition coefficient (Wildman–Crippen LogP) is 3.85. The molecule has 0 bridgehead atoms. The topological polar surface area (TPSA) is 44.9 Å². The van der Waals surface area contributed by atoms with Crippen LogP contribution < -0.4 is 5.32 Å². The van der Waals surface area contributed by atoms with Crippen LogP contribution in [-0.2, 0) is 17.6 Å². The van der Waals surface area contributed by atoms with Crippen LogP contribution in [0.1, 0.15) is 16.7 Å². The Kier molecular flexibility index (Phi) is 4.07. The Bertz CT molecular complexity index is 900. The van der Waals surface area contributed by atoms with Gasteiger partial charge >= 0.3 is 0 Å². The molecule has 3 nitrogen and oxygen atoms in total. The summed E-state index contributed by atoms with van der Waals surface area (Å²) in [6.07, 6.45) is 3.72. The number of para-hydroxylation sites is 1. The first-order valence-electron chi connectivity index (χ1n) is 8.29. The van der Waals surface area contributed by atoms with E-state index in [4.69, 9.17) is 0 Å². The standard InChI is InChI=1S/C20H20N2OS/c1-13-6-7-14-11-19(24-18(14)10-13)20(23)21-9-8-15-12-22-17-5-3-2-4-16(15)17/h2-7,10,12,19,22H,8-9,11H2,1H3,(H,21,23). The summed E-state index contributed by atoms with van der Waals surface area (Å²) in [7, 11) is 0. The van der Waals surface area contributed by atoms with Crippen LogP contribution in [0.3, 0.4) is 0 Å². The predicted molar refractivity (Wildman–Crippen MR) is 99.5 cm³/mol. The summed E-state index contributed by atoms with van der Waals surface area (Å²) in [5, 5.41) is 4.35. The van der Waals surface area contributed by atoms with E-state index < -0.39 is 0 Å². The van der Waals surface area contributed by atoms with Gasteiger partial charge in [-0.05, 0) is 43.0 Å². The molecule has 2 N–H and O–H groups in total. The number of amides is 1. The first-order valence-corrected chi connectivity index (χ1v) is 9.17. The molecule has 1 aliphatic rings. The van der Waals surface area contributed by atoms with E-state index in [1.807, 2.05) is 18.3 Å². The lowest BCUT2D eigenvalue weighted by atomic mass is 10.1. The van der Waals surface area contributed by atoms with Gasteiger partial charge in [-0.1, -0.05) is 35.9 Å². The van der Waals surface area contributed by atoms with Crippen molar-refractivity contribution >= 4 is 28.6 Å². The van der Waals surface area contributed by atoms with Gasteiger partial charge in [0.2, 0.25) is 5.91 Å². The first-order chi connectivity index (χ1) is 11.7. The summed E-state index contributed by atoms with van der Waals surface area (Å²) in [5.74, 6) is 0.147. The van der Waals surface area contributed by atoms with Gasteiger partial charge in [0.1, 0.15) is 0 Å². The molecular weight excluding hydrogens is 316 g/mol. The Hall–Kier alpha value is -2.20. The third kappa shape index (κ3) is 2.94. The van der Waals surface area contributed by atoms with E-state index in [-0.39, 0.29) is 11.2 Å². The number of H-pyrrole nitrogens is 1. The fourth-order valence-corrected chi connectivity index (χ4v) is 4.57. The van der Waals surface area contributed by atoms with E-state index >= 15 is 0 Å². The monoisotopic (exact) mass is 336 g/mol. The van der Waals surface area contributed by atoms with E-state index in [1.54, 1.807) is 11.8 Å². The van der Waals surface area contributed by atoms with Crippen LogP contribution in [0.4, 0.5) is 0 Å². The van der Waals surface area contributed by atoms with Gasteiger partial charge in [0, 0.05) is 28.5 Å². The van der Waals surface area contributed by atoms with Crippen molar-refractivity contribution in [2.24, 2.45) is 0 Å². The second-order valence-electron chi connectivity index (χ2n) is 6.32. The Morgan fingerprint density at radius 3 is 3.08 bits per heavy atom. The van der Waals surface area contributed by atoms with Crippen LogP contribution in [0.5, 0.6) is 0 Å². The molecule has 0 fully saturated rings. The quantitative estimate of drug-likeness (QED) is 0.760. The molecule has 1 aromatic heterocycles. The van der Waals surface area contributed by atoms with Crippen molar-refractivity contribution in [1.29, 1.82) is 0 Å². The number of carbonyl (C=O) groups excluding carboxylic acids is 1. The van der Waals surface area contributed by atoms with Gasteiger partial charge in [0.05, 0.1) is 5.25 Å². The van der Waals surface area contributed by atoms with Crippen LogP contribution in [0.25, 0.3) is 10.9 Å². The Labute approximate surface area is 145 Å². The van der Waals surface area contributed by atoms with Gasteiger partial charge in [-0.2, -0.15) is 0 Å². The molecule has 0 saturated carbocycles. The lowest BCUT2D eigenvalue weighted by molar-refractivity contribution is -0.120. The zero-order valence-electron chi connectivity index (χ0n) is 13.6. The van der Waals surface area contributed by atoms with Gasteiger partial charge < -0.3 is 10.3 Å². The summed E-state index contributed by atoms with van der Waals surface area (Å²) < 4.78 is 0. The molecule has 3 aromatic rings. The molecule has 4 rings (SSSR count). The molecule has 1 amide bonds. The van der Waals surface area contributed by atoms with E-state index in [9.17, 15) is 4.79 Å². The minimum Gasteiger partial charge on any atom is -0.361 e. The third-order valence-electron chi connectivity index (χ3n) is 4.56. The highest BCUT2D eigenvalue weighted by molar-refractivity contribution is 8.01. The van der Waals surface area contributed by atoms with Crippen molar-refractivity contribution in [3.05, 3.63) is 65.4 Å². The maximum Gasteiger partial charge on any atom is 0.233 e. The summed E-state index contributed by atoms with van der Waals surface area (Å²) in [6, 6.07) is 14.7. The number of fused-ring (bicyclic) bond motifs is 2. The number of aromatic amines is 1. The molecule has 1 atom stereocenters. The SMILES string of the molecule is Cc1ccc2c(c1)SC(C(=O)NCCc1c[nH]c3ccccc13)C2. The highest BCUT2D eigenvalue weighted by Crippen LogP contribution is 2.37. The molecule has 1 unspecified atom stereocenters. The molecule has 1 aliphatic heterocycles. The van der Waals surface area contributed by atoms with Crippen LogP contribution >= 0.6 is 11.8 Å². The van der Waals surface area contributed by atoms with Crippen molar-refractivity contribution in [2.45, 2.75) is 29.9 Å². The summed E-state index contributed by atoms with van der Waals surface area (Å²) >= 11 is 1.69. The minimum atomic E-state index is 0.00442. The van der Waals surface area contributed by atoms with Crippen molar-refractivity contribution in [2.75, 3.05) is 6.54 Å². The molecule has 2 heterocycles. The smallest absolute Gasteiger partial charge is 0.233 e. The largest absolute Gasteiger partial charge is 0.361 e. The molecule has 2 aromatic carbocycles. The van der Waals surface area contributed by atoms with Crippen molar-refractivity contribution in [1.82, 2.24) is 10.3 Å². The van der Waals surface area contributed by atoms with Crippen molar-refractivity contribution < 1.29 is 4.79 Å². The average molecular weight is 336 g/mol. The summed E-state index contributed by atoms with van der Waals surface area (Å²) in [5.41, 5.74) is 4.95. The number of nitrogens with one attached hydrogen (secondary N) is 2. The van der Waals surface area contributed by atoms with Crippen LogP contribution in [0.2, 0.25) is 0 Å². The minimum absolute atomic E-state index is 0.00442. The molecule has 0 spiro atoms. The number of benzene rings is 2. The highest BCUT2D eigenvalue weighted by atomic mass is 32.2. The Balaban J connectivity index is 1.34. The van der Waals surface area contributed by atoms with Gasteiger partial charge in [-0.3, -0.25) is 4.79 Å². The average Bonchev–Trinajstić information content (AvgIpc) is 3.18. The molecule has 0 saturated heterocycles. The number of hydrogen-bond acceptors (Lipinski definition) is 2. The maximum absolute atomic E-state index is 12.5. The van der Waals surface area contributed by atoms with Gasteiger partial charge in [-0.25, -0.2) is 0 Å². The number of aryl methyl sites for hydroxylation is 1. The summed E-state index contributed by atoms with van der Waals surface area (Å²) in [6.45, 7) is 2.77. The fraction of sp³-hybridized carbons (Fsp3) is 0.250. The normalized spacial score (nSPS) is 16.3. The molecule has 0 aliphatic carbocycles. The Morgan fingerprint density at radius 2 is 2.17 bits per heavy atom. The number of aromatic nitrogens is 1. The van der Waals surface area contributed by atoms with E-state index in [1.165, 1.54) is 27.0 Å². The third-order valence-corrected chi connectivity index (χ3v) is 5.86. The van der Waals surface area contributed by atoms with E-state index in [0.29, 0.717) is 6.54 Å². The second kappa shape index (κ2) is 6.36. The van der Waals surface area contributed by atoms with Crippen molar-refractivity contribution in [3.8, 4) is 0 Å². The van der Waals surface area contributed by atoms with Crippen LogP contribution in [0.15, 0.2) is 53.6 Å². The lowest BCUT2D eigenvalue weighted by Crippen LogP contribution is -2.33. The summed E-state index contributed by atoms with van der Waals surface area (Å²) in [4.78, 5) is 17.0. The van der Waals surface area contributed by atoms with Crippen LogP contribution in [0, 0.1) is 6.92 Å².